The third kappa shape index (κ3) is 3.14. The molecule has 0 radical (unpaired) electrons. The maximum atomic E-state index is 12.7. The third-order valence-corrected chi connectivity index (χ3v) is 5.23. The predicted molar refractivity (Wildman–Crippen MR) is 88.2 cm³/mol. The molecule has 5 heteroatoms. The van der Waals surface area contributed by atoms with E-state index in [1.165, 1.54) is 0 Å². The second-order valence-electron chi connectivity index (χ2n) is 6.39. The summed E-state index contributed by atoms with van der Waals surface area (Å²) in [6, 6.07) is 7.47. The van der Waals surface area contributed by atoms with Crippen LogP contribution in [0.5, 0.6) is 0 Å². The number of rotatable bonds is 3. The summed E-state index contributed by atoms with van der Waals surface area (Å²) in [4.78, 5) is 16.9. The first-order valence-electron chi connectivity index (χ1n) is 8.05. The largest absolute Gasteiger partial charge is 0.393 e. The van der Waals surface area contributed by atoms with Crippen LogP contribution in [0.1, 0.15) is 26.2 Å². The van der Waals surface area contributed by atoms with Crippen LogP contribution in [-0.4, -0.2) is 47.7 Å². The van der Waals surface area contributed by atoms with Crippen molar-refractivity contribution < 1.29 is 9.90 Å². The van der Waals surface area contributed by atoms with E-state index in [0.29, 0.717) is 10.9 Å². The van der Waals surface area contributed by atoms with Crippen molar-refractivity contribution in [1.82, 2.24) is 4.90 Å². The number of aliphatic hydroxyl groups is 1. The Morgan fingerprint density at radius 1 is 1.23 bits per heavy atom. The first-order valence-corrected chi connectivity index (χ1v) is 8.43. The summed E-state index contributed by atoms with van der Waals surface area (Å²) in [5, 5.41) is 10.4. The molecule has 3 rings (SSSR count). The summed E-state index contributed by atoms with van der Waals surface area (Å²) in [7, 11) is 0. The highest BCUT2D eigenvalue weighted by molar-refractivity contribution is 6.30. The molecule has 0 spiro atoms. The van der Waals surface area contributed by atoms with Crippen molar-refractivity contribution in [1.29, 1.82) is 0 Å². The maximum Gasteiger partial charge on any atom is 0.244 e. The van der Waals surface area contributed by atoms with E-state index < -0.39 is 0 Å². The topological polar surface area (TPSA) is 43.8 Å². The SMILES string of the molecule is C[C@@H](O)C1CCN([C@H]2CCN(c3cccc(Cl)c3)C2=O)CC1. The Bertz CT molecular complexity index is 541. The molecular formula is C17H23ClN2O2. The normalized spacial score (nSPS) is 25.7. The van der Waals surface area contributed by atoms with Gasteiger partial charge in [0.2, 0.25) is 5.91 Å². The number of piperidine rings is 1. The van der Waals surface area contributed by atoms with Gasteiger partial charge in [0.1, 0.15) is 0 Å². The zero-order valence-corrected chi connectivity index (χ0v) is 13.7. The number of hydrogen-bond donors (Lipinski definition) is 1. The number of halogens is 1. The highest BCUT2D eigenvalue weighted by Gasteiger charge is 2.38. The number of nitrogens with zero attached hydrogens (tertiary/aromatic N) is 2. The highest BCUT2D eigenvalue weighted by atomic mass is 35.5. The molecule has 120 valence electrons. The van der Waals surface area contributed by atoms with E-state index in [1.54, 1.807) is 0 Å². The number of anilines is 1. The van der Waals surface area contributed by atoms with Crippen LogP contribution in [0.3, 0.4) is 0 Å². The number of carbonyl (C=O) groups is 1. The van der Waals surface area contributed by atoms with Gasteiger partial charge in [0.25, 0.3) is 0 Å². The minimum atomic E-state index is -0.246. The van der Waals surface area contributed by atoms with E-state index in [2.05, 4.69) is 4.90 Å². The number of amides is 1. The van der Waals surface area contributed by atoms with Crippen molar-refractivity contribution >= 4 is 23.2 Å². The molecule has 2 saturated heterocycles. The molecule has 4 nitrogen and oxygen atoms in total. The molecule has 0 bridgehead atoms. The minimum Gasteiger partial charge on any atom is -0.393 e. The fourth-order valence-electron chi connectivity index (χ4n) is 3.62. The molecule has 1 N–H and O–H groups in total. The van der Waals surface area contributed by atoms with Crippen LogP contribution in [0.15, 0.2) is 24.3 Å². The second kappa shape index (κ2) is 6.57. The molecular weight excluding hydrogens is 300 g/mol. The van der Waals surface area contributed by atoms with Gasteiger partial charge in [-0.2, -0.15) is 0 Å². The Labute approximate surface area is 136 Å². The molecule has 1 aromatic rings. The van der Waals surface area contributed by atoms with E-state index in [1.807, 2.05) is 36.1 Å². The van der Waals surface area contributed by atoms with Gasteiger partial charge in [0.15, 0.2) is 0 Å². The highest BCUT2D eigenvalue weighted by Crippen LogP contribution is 2.29. The quantitative estimate of drug-likeness (QED) is 0.930. The zero-order chi connectivity index (χ0) is 15.7. The van der Waals surface area contributed by atoms with Crippen molar-refractivity contribution in [2.24, 2.45) is 5.92 Å². The molecule has 1 aromatic carbocycles. The van der Waals surface area contributed by atoms with Crippen molar-refractivity contribution in [2.75, 3.05) is 24.5 Å². The van der Waals surface area contributed by atoms with E-state index in [4.69, 9.17) is 11.6 Å². The van der Waals surface area contributed by atoms with Crippen LogP contribution < -0.4 is 4.90 Å². The van der Waals surface area contributed by atoms with Gasteiger partial charge in [0.05, 0.1) is 12.1 Å². The molecule has 0 aromatic heterocycles. The standard InChI is InChI=1S/C17H23ClN2O2/c1-12(21)13-5-8-19(9-6-13)16-7-10-20(17(16)22)15-4-2-3-14(18)11-15/h2-4,11-13,16,21H,5-10H2,1H3/t12-,16+/m1/s1. The lowest BCUT2D eigenvalue weighted by Crippen LogP contribution is -2.47. The summed E-state index contributed by atoms with van der Waals surface area (Å²) in [5.74, 6) is 0.551. The molecule has 0 unspecified atom stereocenters. The Hall–Kier alpha value is -1.10. The van der Waals surface area contributed by atoms with E-state index in [-0.39, 0.29) is 18.1 Å². The third-order valence-electron chi connectivity index (χ3n) is 4.99. The Morgan fingerprint density at radius 2 is 1.95 bits per heavy atom. The van der Waals surface area contributed by atoms with Crippen LogP contribution in [-0.2, 0) is 4.79 Å². The average Bonchev–Trinajstić information content (AvgIpc) is 2.89. The van der Waals surface area contributed by atoms with Gasteiger partial charge in [-0.1, -0.05) is 17.7 Å². The molecule has 2 fully saturated rings. The van der Waals surface area contributed by atoms with Gasteiger partial charge in [-0.3, -0.25) is 9.69 Å². The van der Waals surface area contributed by atoms with Gasteiger partial charge in [-0.05, 0) is 63.4 Å². The van der Waals surface area contributed by atoms with E-state index in [9.17, 15) is 9.90 Å². The van der Waals surface area contributed by atoms with Crippen molar-refractivity contribution in [3.05, 3.63) is 29.3 Å². The van der Waals surface area contributed by atoms with Crippen LogP contribution >= 0.6 is 11.6 Å². The minimum absolute atomic E-state index is 0.0195. The van der Waals surface area contributed by atoms with Crippen LogP contribution in [0.2, 0.25) is 5.02 Å². The van der Waals surface area contributed by atoms with E-state index >= 15 is 0 Å². The van der Waals surface area contributed by atoms with Gasteiger partial charge >= 0.3 is 0 Å². The second-order valence-corrected chi connectivity index (χ2v) is 6.82. The van der Waals surface area contributed by atoms with Crippen molar-refractivity contribution in [3.8, 4) is 0 Å². The Kier molecular flexibility index (Phi) is 4.71. The van der Waals surface area contributed by atoms with E-state index in [0.717, 1.165) is 44.6 Å². The van der Waals surface area contributed by atoms with Gasteiger partial charge in [0, 0.05) is 17.3 Å². The molecule has 2 aliphatic heterocycles. The molecule has 0 aliphatic carbocycles. The first kappa shape index (κ1) is 15.8. The lowest BCUT2D eigenvalue weighted by atomic mass is 9.91. The predicted octanol–water partition coefficient (Wildman–Crippen LogP) is 2.54. The molecule has 0 saturated carbocycles. The molecule has 2 aliphatic rings. The average molecular weight is 323 g/mol. The molecule has 2 atom stereocenters. The number of hydrogen-bond acceptors (Lipinski definition) is 3. The zero-order valence-electron chi connectivity index (χ0n) is 12.9. The first-order chi connectivity index (χ1) is 10.6. The van der Waals surface area contributed by atoms with Gasteiger partial charge < -0.3 is 10.0 Å². The van der Waals surface area contributed by atoms with Crippen LogP contribution in [0.4, 0.5) is 5.69 Å². The smallest absolute Gasteiger partial charge is 0.244 e. The van der Waals surface area contributed by atoms with Crippen molar-refractivity contribution in [3.63, 3.8) is 0 Å². The number of likely N-dealkylation sites (tertiary alicyclic amines) is 1. The summed E-state index contributed by atoms with van der Waals surface area (Å²) >= 11 is 6.03. The van der Waals surface area contributed by atoms with Gasteiger partial charge in [-0.15, -0.1) is 0 Å². The summed E-state index contributed by atoms with van der Waals surface area (Å²) in [5.41, 5.74) is 0.888. The summed E-state index contributed by atoms with van der Waals surface area (Å²) in [6.07, 6.45) is 2.56. The lowest BCUT2D eigenvalue weighted by Gasteiger charge is -2.36. The number of carbonyl (C=O) groups excluding carboxylic acids is 1. The maximum absolute atomic E-state index is 12.7. The molecule has 1 amide bonds. The summed E-state index contributed by atoms with van der Waals surface area (Å²) < 4.78 is 0. The molecule has 2 heterocycles. The lowest BCUT2D eigenvalue weighted by molar-refractivity contribution is -0.122. The van der Waals surface area contributed by atoms with Crippen LogP contribution in [0.25, 0.3) is 0 Å². The molecule has 22 heavy (non-hydrogen) atoms. The Morgan fingerprint density at radius 3 is 2.59 bits per heavy atom. The Balaban J connectivity index is 1.65. The number of benzene rings is 1. The summed E-state index contributed by atoms with van der Waals surface area (Å²) in [6.45, 7) is 4.41. The number of aliphatic hydroxyl groups excluding tert-OH is 1. The fraction of sp³-hybridized carbons (Fsp3) is 0.588. The van der Waals surface area contributed by atoms with Crippen molar-refractivity contribution in [2.45, 2.75) is 38.3 Å². The van der Waals surface area contributed by atoms with Crippen LogP contribution in [0, 0.1) is 5.92 Å². The fourth-order valence-corrected chi connectivity index (χ4v) is 3.80. The van der Waals surface area contributed by atoms with Gasteiger partial charge in [-0.25, -0.2) is 0 Å². The monoisotopic (exact) mass is 322 g/mol.